The molecule has 2 atom stereocenters. The van der Waals surface area contributed by atoms with Crippen molar-refractivity contribution in [3.05, 3.63) is 36.5 Å². The maximum Gasteiger partial charge on any atom is 0.305 e. The number of aliphatic hydroxyl groups excluding tert-OH is 2. The van der Waals surface area contributed by atoms with Crippen LogP contribution in [0.1, 0.15) is 316 Å². The van der Waals surface area contributed by atoms with E-state index < -0.39 is 12.1 Å². The van der Waals surface area contributed by atoms with E-state index in [1.807, 2.05) is 6.08 Å². The molecule has 3 N–H and O–H groups in total. The van der Waals surface area contributed by atoms with E-state index >= 15 is 0 Å². The number of hydrogen-bond acceptors (Lipinski definition) is 5. The van der Waals surface area contributed by atoms with Gasteiger partial charge in [-0.15, -0.1) is 0 Å². The summed E-state index contributed by atoms with van der Waals surface area (Å²) in [5, 5.41) is 23.2. The van der Waals surface area contributed by atoms with Crippen LogP contribution in [0.2, 0.25) is 0 Å². The van der Waals surface area contributed by atoms with Crippen LogP contribution in [0.3, 0.4) is 0 Å². The molecule has 0 aromatic heterocycles. The summed E-state index contributed by atoms with van der Waals surface area (Å²) in [5.41, 5.74) is 0. The van der Waals surface area contributed by atoms with Crippen molar-refractivity contribution < 1.29 is 24.5 Å². The third kappa shape index (κ3) is 53.3. The van der Waals surface area contributed by atoms with Gasteiger partial charge in [0, 0.05) is 12.8 Å². The first-order valence-corrected chi connectivity index (χ1v) is 29.8. The molecule has 0 aliphatic rings. The van der Waals surface area contributed by atoms with E-state index in [4.69, 9.17) is 4.74 Å². The van der Waals surface area contributed by atoms with Gasteiger partial charge in [-0.1, -0.05) is 275 Å². The molecule has 6 nitrogen and oxygen atoms in total. The van der Waals surface area contributed by atoms with Crippen molar-refractivity contribution in [3.8, 4) is 0 Å². The Labute approximate surface area is 417 Å². The molecule has 2 unspecified atom stereocenters. The van der Waals surface area contributed by atoms with Gasteiger partial charge in [0.1, 0.15) is 0 Å². The predicted octanol–water partition coefficient (Wildman–Crippen LogP) is 18.4. The summed E-state index contributed by atoms with van der Waals surface area (Å²) in [6.07, 6.45) is 70.2. The highest BCUT2D eigenvalue weighted by atomic mass is 16.5. The largest absolute Gasteiger partial charge is 0.466 e. The molecule has 0 radical (unpaired) electrons. The number of carbonyl (C=O) groups excluding carboxylic acids is 2. The van der Waals surface area contributed by atoms with Crippen LogP contribution < -0.4 is 5.32 Å². The maximum atomic E-state index is 12.5. The summed E-state index contributed by atoms with van der Waals surface area (Å²) in [7, 11) is 0. The zero-order valence-electron chi connectivity index (χ0n) is 44.9. The fraction of sp³-hybridized carbons (Fsp3) is 0.869. The van der Waals surface area contributed by atoms with Gasteiger partial charge in [-0.25, -0.2) is 0 Å². The van der Waals surface area contributed by atoms with Crippen LogP contribution >= 0.6 is 0 Å². The molecule has 6 heteroatoms. The van der Waals surface area contributed by atoms with Crippen molar-refractivity contribution in [1.29, 1.82) is 0 Å². The topological polar surface area (TPSA) is 95.9 Å². The van der Waals surface area contributed by atoms with Crippen LogP contribution in [-0.4, -0.2) is 47.4 Å². The van der Waals surface area contributed by atoms with Crippen LogP contribution in [0.4, 0.5) is 0 Å². The Balaban J connectivity index is 3.48. The molecule has 0 rings (SSSR count). The number of nitrogens with one attached hydrogen (secondary N) is 1. The minimum Gasteiger partial charge on any atom is -0.466 e. The van der Waals surface area contributed by atoms with Crippen molar-refractivity contribution in [2.75, 3.05) is 13.2 Å². The molecule has 0 aliphatic carbocycles. The van der Waals surface area contributed by atoms with Gasteiger partial charge in [-0.05, 0) is 64.2 Å². The van der Waals surface area contributed by atoms with Crippen LogP contribution in [0.15, 0.2) is 36.5 Å². The van der Waals surface area contributed by atoms with Gasteiger partial charge in [0.25, 0.3) is 0 Å². The quantitative estimate of drug-likeness (QED) is 0.0321. The Kier molecular flexibility index (Phi) is 55.0. The van der Waals surface area contributed by atoms with Crippen LogP contribution in [0.5, 0.6) is 0 Å². The van der Waals surface area contributed by atoms with E-state index in [-0.39, 0.29) is 18.5 Å². The molecular weight excluding hydrogens is 827 g/mol. The molecule has 67 heavy (non-hydrogen) atoms. The Morgan fingerprint density at radius 2 is 0.746 bits per heavy atom. The maximum absolute atomic E-state index is 12.5. The van der Waals surface area contributed by atoms with Gasteiger partial charge in [0.15, 0.2) is 0 Å². The Bertz CT molecular complexity index is 1090. The zero-order valence-corrected chi connectivity index (χ0v) is 44.9. The summed E-state index contributed by atoms with van der Waals surface area (Å²) < 4.78 is 5.48. The number of aliphatic hydroxyl groups is 2. The summed E-state index contributed by atoms with van der Waals surface area (Å²) in [5.74, 6) is -0.0933. The second kappa shape index (κ2) is 56.7. The molecule has 394 valence electrons. The number of carbonyl (C=O) groups is 2. The molecule has 0 aliphatic heterocycles. The molecule has 0 aromatic rings. The second-order valence-corrected chi connectivity index (χ2v) is 20.3. The number of esters is 1. The van der Waals surface area contributed by atoms with Gasteiger partial charge < -0.3 is 20.3 Å². The Morgan fingerprint density at radius 1 is 0.418 bits per heavy atom. The fourth-order valence-corrected chi connectivity index (χ4v) is 9.08. The molecule has 0 saturated heterocycles. The number of amides is 1. The van der Waals surface area contributed by atoms with Crippen LogP contribution in [0.25, 0.3) is 0 Å². The van der Waals surface area contributed by atoms with Crippen molar-refractivity contribution in [1.82, 2.24) is 5.32 Å². The minimum absolute atomic E-state index is 0.0139. The number of hydrogen-bond donors (Lipinski definition) is 3. The first kappa shape index (κ1) is 65.1. The fourth-order valence-electron chi connectivity index (χ4n) is 9.08. The number of rotatable bonds is 55. The van der Waals surface area contributed by atoms with Gasteiger partial charge in [-0.3, -0.25) is 9.59 Å². The predicted molar refractivity (Wildman–Crippen MR) is 292 cm³/mol. The smallest absolute Gasteiger partial charge is 0.305 e. The molecule has 0 bridgehead atoms. The lowest BCUT2D eigenvalue weighted by Gasteiger charge is -2.20. The third-order valence-electron chi connectivity index (χ3n) is 13.7. The SMILES string of the molecule is CCCCCC/C=C\C/C=C\CCCCCCCCCC(=O)OCCCCCCCCCCCCCCCC(=O)NC(CO)C(O)/C=C/CCCCCCCCCCCCCCCCCCC. The van der Waals surface area contributed by atoms with Crippen molar-refractivity contribution in [2.45, 2.75) is 328 Å². The molecule has 1 amide bonds. The van der Waals surface area contributed by atoms with Gasteiger partial charge in [0.05, 0.1) is 25.4 Å². The molecule has 0 saturated carbocycles. The average Bonchev–Trinajstić information content (AvgIpc) is 3.33. The average molecular weight is 943 g/mol. The first-order chi connectivity index (χ1) is 33.0. The monoisotopic (exact) mass is 942 g/mol. The lowest BCUT2D eigenvalue weighted by Crippen LogP contribution is -2.45. The summed E-state index contributed by atoms with van der Waals surface area (Å²) in [6, 6.07) is -0.639. The standard InChI is InChI=1S/C61H115NO5/c1-3-5-7-9-11-13-15-17-19-21-23-24-26-29-33-37-41-45-49-53-59(64)58(57-63)62-60(65)54-50-46-42-38-34-30-28-32-36-40-44-48-52-56-67-61(66)55-51-47-43-39-35-31-27-25-22-20-18-16-14-12-10-8-6-4-2/h14,16,20,22,49,53,58-59,63-64H,3-13,15,17-19,21,23-48,50-52,54-57H2,1-2H3,(H,62,65)/b16-14-,22-20-,53-49+. The Morgan fingerprint density at radius 3 is 1.15 bits per heavy atom. The van der Waals surface area contributed by atoms with Crippen molar-refractivity contribution in [3.63, 3.8) is 0 Å². The highest BCUT2D eigenvalue weighted by Crippen LogP contribution is 2.17. The zero-order chi connectivity index (χ0) is 48.6. The van der Waals surface area contributed by atoms with Gasteiger partial charge in [0.2, 0.25) is 5.91 Å². The van der Waals surface area contributed by atoms with Gasteiger partial charge in [-0.2, -0.15) is 0 Å². The lowest BCUT2D eigenvalue weighted by molar-refractivity contribution is -0.143. The third-order valence-corrected chi connectivity index (χ3v) is 13.7. The van der Waals surface area contributed by atoms with Crippen LogP contribution in [-0.2, 0) is 14.3 Å². The highest BCUT2D eigenvalue weighted by molar-refractivity contribution is 5.76. The molecular formula is C61H115NO5. The number of unbranched alkanes of at least 4 members (excludes halogenated alkanes) is 40. The van der Waals surface area contributed by atoms with Crippen molar-refractivity contribution in [2.24, 2.45) is 0 Å². The molecule has 0 fully saturated rings. The van der Waals surface area contributed by atoms with Crippen molar-refractivity contribution >= 4 is 11.9 Å². The van der Waals surface area contributed by atoms with E-state index in [2.05, 4.69) is 43.5 Å². The van der Waals surface area contributed by atoms with E-state index in [1.54, 1.807) is 6.08 Å². The van der Waals surface area contributed by atoms with Gasteiger partial charge >= 0.3 is 5.97 Å². The second-order valence-electron chi connectivity index (χ2n) is 20.3. The summed E-state index contributed by atoms with van der Waals surface area (Å²) >= 11 is 0. The minimum atomic E-state index is -0.854. The number of ether oxygens (including phenoxy) is 1. The van der Waals surface area contributed by atoms with E-state index in [0.29, 0.717) is 19.4 Å². The first-order valence-electron chi connectivity index (χ1n) is 29.8. The van der Waals surface area contributed by atoms with E-state index in [0.717, 1.165) is 64.2 Å². The molecule has 0 spiro atoms. The summed E-state index contributed by atoms with van der Waals surface area (Å²) in [6.45, 7) is 4.87. The highest BCUT2D eigenvalue weighted by Gasteiger charge is 2.18. The number of allylic oxidation sites excluding steroid dienone is 5. The molecule has 0 heterocycles. The Hall–Kier alpha value is -1.92. The van der Waals surface area contributed by atoms with E-state index in [9.17, 15) is 19.8 Å². The van der Waals surface area contributed by atoms with E-state index in [1.165, 1.54) is 225 Å². The summed E-state index contributed by atoms with van der Waals surface area (Å²) in [4.78, 5) is 24.6. The lowest BCUT2D eigenvalue weighted by atomic mass is 10.0. The normalized spacial score (nSPS) is 12.8. The van der Waals surface area contributed by atoms with Crippen LogP contribution in [0, 0.1) is 0 Å². The molecule has 0 aromatic carbocycles.